The van der Waals surface area contributed by atoms with E-state index in [1.807, 2.05) is 20.0 Å². The molecule has 0 N–H and O–H groups in total. The first-order valence-electron chi connectivity index (χ1n) is 4.93. The fourth-order valence-electron chi connectivity index (χ4n) is 1.60. The number of pyridine rings is 1. The molecule has 2 heterocycles. The van der Waals surface area contributed by atoms with Crippen molar-refractivity contribution in [2.75, 3.05) is 0 Å². The van der Waals surface area contributed by atoms with E-state index >= 15 is 0 Å². The van der Waals surface area contributed by atoms with Crippen molar-refractivity contribution in [2.45, 2.75) is 13.5 Å². The average molecular weight is 282 g/mol. The van der Waals surface area contributed by atoms with E-state index in [1.54, 1.807) is 27.6 Å². The largest absolute Gasteiger partial charge is 0.310 e. The van der Waals surface area contributed by atoms with Crippen molar-refractivity contribution in [3.05, 3.63) is 50.6 Å². The summed E-state index contributed by atoms with van der Waals surface area (Å²) >= 11 is 3.48. The van der Waals surface area contributed by atoms with Crippen molar-refractivity contribution in [2.24, 2.45) is 7.05 Å². The molecule has 0 unspecified atom stereocenters. The van der Waals surface area contributed by atoms with E-state index in [2.05, 4.69) is 21.0 Å². The Morgan fingerprint density at radius 3 is 2.75 bits per heavy atom. The van der Waals surface area contributed by atoms with E-state index in [1.165, 1.54) is 0 Å². The molecule has 0 radical (unpaired) electrons. The normalized spacial score (nSPS) is 10.7. The van der Waals surface area contributed by atoms with Gasteiger partial charge in [0.2, 0.25) is 0 Å². The summed E-state index contributed by atoms with van der Waals surface area (Å²) in [5, 5.41) is 4.29. The Balaban J connectivity index is 2.42. The topological polar surface area (TPSA) is 39.8 Å². The second kappa shape index (κ2) is 4.25. The second-order valence-electron chi connectivity index (χ2n) is 3.64. The molecule has 0 amide bonds. The number of rotatable bonds is 2. The van der Waals surface area contributed by atoms with Crippen LogP contribution < -0.4 is 5.56 Å². The van der Waals surface area contributed by atoms with Gasteiger partial charge in [0.25, 0.3) is 5.56 Å². The second-order valence-corrected chi connectivity index (χ2v) is 4.43. The molecule has 2 aromatic rings. The molecule has 0 aliphatic carbocycles. The van der Waals surface area contributed by atoms with Crippen molar-refractivity contribution in [3.63, 3.8) is 0 Å². The van der Waals surface area contributed by atoms with E-state index in [0.29, 0.717) is 6.54 Å². The lowest BCUT2D eigenvalue weighted by Crippen LogP contribution is -2.19. The summed E-state index contributed by atoms with van der Waals surface area (Å²) in [6, 6.07) is 5.14. The maximum absolute atomic E-state index is 11.6. The summed E-state index contributed by atoms with van der Waals surface area (Å²) in [6.45, 7) is 2.46. The molecule has 2 aromatic heterocycles. The molecule has 0 bridgehead atoms. The predicted molar refractivity (Wildman–Crippen MR) is 65.4 cm³/mol. The standard InChI is InChI=1S/C11H12BrN3O/c1-8-11(12)9(14(2)13-8)7-15-6-4-3-5-10(15)16/h3-6H,7H2,1-2H3. The lowest BCUT2D eigenvalue weighted by molar-refractivity contribution is 0.650. The van der Waals surface area contributed by atoms with Crippen molar-refractivity contribution >= 4 is 15.9 Å². The Bertz CT molecular complexity index is 571. The van der Waals surface area contributed by atoms with Gasteiger partial charge in [0.15, 0.2) is 0 Å². The van der Waals surface area contributed by atoms with Crippen LogP contribution in [-0.4, -0.2) is 14.3 Å². The summed E-state index contributed by atoms with van der Waals surface area (Å²) in [6.07, 6.45) is 1.77. The maximum atomic E-state index is 11.6. The minimum Gasteiger partial charge on any atom is -0.310 e. The summed E-state index contributed by atoms with van der Waals surface area (Å²) in [7, 11) is 1.88. The Labute approximate surface area is 102 Å². The van der Waals surface area contributed by atoms with E-state index < -0.39 is 0 Å². The molecule has 0 atom stereocenters. The third kappa shape index (κ3) is 1.95. The van der Waals surface area contributed by atoms with Crippen LogP contribution >= 0.6 is 15.9 Å². The summed E-state index contributed by atoms with van der Waals surface area (Å²) in [5.74, 6) is 0. The van der Waals surface area contributed by atoms with Gasteiger partial charge in [0.1, 0.15) is 0 Å². The molecule has 0 aliphatic heterocycles. The number of hydrogen-bond acceptors (Lipinski definition) is 2. The molecular formula is C11H12BrN3O. The Morgan fingerprint density at radius 1 is 1.44 bits per heavy atom. The molecule has 84 valence electrons. The van der Waals surface area contributed by atoms with Crippen LogP contribution in [0.1, 0.15) is 11.4 Å². The fourth-order valence-corrected chi connectivity index (χ4v) is 2.07. The molecular weight excluding hydrogens is 270 g/mol. The lowest BCUT2D eigenvalue weighted by Gasteiger charge is -2.05. The first kappa shape index (κ1) is 11.1. The number of hydrogen-bond donors (Lipinski definition) is 0. The summed E-state index contributed by atoms with van der Waals surface area (Å²) in [5.41, 5.74) is 1.92. The van der Waals surface area contributed by atoms with Gasteiger partial charge in [-0.2, -0.15) is 5.10 Å². The monoisotopic (exact) mass is 281 g/mol. The van der Waals surface area contributed by atoms with Crippen molar-refractivity contribution in [1.29, 1.82) is 0 Å². The number of aryl methyl sites for hydroxylation is 2. The molecule has 0 fully saturated rings. The quantitative estimate of drug-likeness (QED) is 0.841. The van der Waals surface area contributed by atoms with E-state index in [0.717, 1.165) is 15.9 Å². The van der Waals surface area contributed by atoms with Gasteiger partial charge in [0.05, 0.1) is 22.4 Å². The van der Waals surface area contributed by atoms with Crippen LogP contribution in [0.2, 0.25) is 0 Å². The third-order valence-corrected chi connectivity index (χ3v) is 3.51. The van der Waals surface area contributed by atoms with Crippen LogP contribution in [0.3, 0.4) is 0 Å². The highest BCUT2D eigenvalue weighted by Crippen LogP contribution is 2.20. The Kier molecular flexibility index (Phi) is 2.96. The molecule has 0 spiro atoms. The molecule has 0 aromatic carbocycles. The maximum Gasteiger partial charge on any atom is 0.250 e. The minimum atomic E-state index is -0.00625. The highest BCUT2D eigenvalue weighted by molar-refractivity contribution is 9.10. The van der Waals surface area contributed by atoms with Gasteiger partial charge in [-0.25, -0.2) is 0 Å². The van der Waals surface area contributed by atoms with E-state index in [4.69, 9.17) is 0 Å². The summed E-state index contributed by atoms with van der Waals surface area (Å²) < 4.78 is 4.41. The van der Waals surface area contributed by atoms with Crippen LogP contribution in [0.15, 0.2) is 33.7 Å². The Morgan fingerprint density at radius 2 is 2.19 bits per heavy atom. The van der Waals surface area contributed by atoms with Gasteiger partial charge >= 0.3 is 0 Å². The van der Waals surface area contributed by atoms with Gasteiger partial charge in [0, 0.05) is 19.3 Å². The third-order valence-electron chi connectivity index (χ3n) is 2.48. The Hall–Kier alpha value is -1.36. The van der Waals surface area contributed by atoms with Gasteiger partial charge in [-0.15, -0.1) is 0 Å². The molecule has 5 heteroatoms. The van der Waals surface area contributed by atoms with Crippen LogP contribution in [0.25, 0.3) is 0 Å². The van der Waals surface area contributed by atoms with Gasteiger partial charge in [-0.05, 0) is 28.9 Å². The minimum absolute atomic E-state index is 0.00625. The van der Waals surface area contributed by atoms with Gasteiger partial charge in [-0.1, -0.05) is 6.07 Å². The van der Waals surface area contributed by atoms with Crippen molar-refractivity contribution in [3.8, 4) is 0 Å². The zero-order valence-electron chi connectivity index (χ0n) is 9.14. The number of aromatic nitrogens is 3. The first-order valence-corrected chi connectivity index (χ1v) is 5.72. The SMILES string of the molecule is Cc1nn(C)c(Cn2ccccc2=O)c1Br. The number of halogens is 1. The summed E-state index contributed by atoms with van der Waals surface area (Å²) in [4.78, 5) is 11.6. The molecule has 4 nitrogen and oxygen atoms in total. The predicted octanol–water partition coefficient (Wildman–Crippen LogP) is 1.70. The zero-order chi connectivity index (χ0) is 11.7. The number of nitrogens with zero attached hydrogens (tertiary/aromatic N) is 3. The molecule has 2 rings (SSSR count). The van der Waals surface area contributed by atoms with Crippen molar-refractivity contribution < 1.29 is 0 Å². The fraction of sp³-hybridized carbons (Fsp3) is 0.273. The van der Waals surface area contributed by atoms with E-state index in [-0.39, 0.29) is 5.56 Å². The van der Waals surface area contributed by atoms with Crippen molar-refractivity contribution in [1.82, 2.24) is 14.3 Å². The van der Waals surface area contributed by atoms with E-state index in [9.17, 15) is 4.79 Å². The molecule has 0 aliphatic rings. The lowest BCUT2D eigenvalue weighted by atomic mass is 10.3. The molecule has 0 saturated heterocycles. The van der Waals surface area contributed by atoms with Crippen LogP contribution in [0, 0.1) is 6.92 Å². The van der Waals surface area contributed by atoms with Crippen LogP contribution in [0.4, 0.5) is 0 Å². The highest BCUT2D eigenvalue weighted by Gasteiger charge is 2.10. The molecule has 16 heavy (non-hydrogen) atoms. The first-order chi connectivity index (χ1) is 7.59. The highest BCUT2D eigenvalue weighted by atomic mass is 79.9. The van der Waals surface area contributed by atoms with Gasteiger partial charge < -0.3 is 4.57 Å². The average Bonchev–Trinajstić information content (AvgIpc) is 2.48. The van der Waals surface area contributed by atoms with Crippen LogP contribution in [-0.2, 0) is 13.6 Å². The molecule has 0 saturated carbocycles. The van der Waals surface area contributed by atoms with Crippen LogP contribution in [0.5, 0.6) is 0 Å². The van der Waals surface area contributed by atoms with Gasteiger partial charge in [-0.3, -0.25) is 9.48 Å². The smallest absolute Gasteiger partial charge is 0.250 e. The zero-order valence-corrected chi connectivity index (χ0v) is 10.7.